The normalized spacial score (nSPS) is 31.1. The SMILES string of the molecule is CCO[C@H]1CCCC[C@@H]1N.Cl. The second-order valence-corrected chi connectivity index (χ2v) is 2.94. The number of rotatable bonds is 2. The third-order valence-electron chi connectivity index (χ3n) is 2.13. The third kappa shape index (κ3) is 3.41. The van der Waals surface area contributed by atoms with Crippen LogP contribution in [0, 0.1) is 0 Å². The highest BCUT2D eigenvalue weighted by Crippen LogP contribution is 2.19. The maximum absolute atomic E-state index is 5.84. The minimum absolute atomic E-state index is 0. The largest absolute Gasteiger partial charge is 0.377 e. The third-order valence-corrected chi connectivity index (χ3v) is 2.13. The maximum Gasteiger partial charge on any atom is 0.0725 e. The number of hydrogen-bond acceptors (Lipinski definition) is 2. The molecule has 0 aromatic carbocycles. The number of hydrogen-bond donors (Lipinski definition) is 1. The van der Waals surface area contributed by atoms with Crippen LogP contribution in [0.3, 0.4) is 0 Å². The van der Waals surface area contributed by atoms with Gasteiger partial charge in [0.05, 0.1) is 6.10 Å². The second-order valence-electron chi connectivity index (χ2n) is 2.94. The molecule has 3 heteroatoms. The molecule has 2 nitrogen and oxygen atoms in total. The summed E-state index contributed by atoms with van der Waals surface area (Å²) in [6.45, 7) is 2.83. The van der Waals surface area contributed by atoms with Gasteiger partial charge in [-0.15, -0.1) is 12.4 Å². The van der Waals surface area contributed by atoms with Gasteiger partial charge in [0, 0.05) is 12.6 Å². The van der Waals surface area contributed by atoms with Crippen molar-refractivity contribution >= 4 is 12.4 Å². The average molecular weight is 180 g/mol. The Hall–Kier alpha value is 0.210. The van der Waals surface area contributed by atoms with E-state index in [0.717, 1.165) is 19.4 Å². The Labute approximate surface area is 74.9 Å². The lowest BCUT2D eigenvalue weighted by Gasteiger charge is -2.27. The lowest BCUT2D eigenvalue weighted by molar-refractivity contribution is 0.0228. The lowest BCUT2D eigenvalue weighted by Crippen LogP contribution is -2.39. The quantitative estimate of drug-likeness (QED) is 0.701. The molecule has 0 aliphatic heterocycles. The molecular formula is C8H18ClNO. The second kappa shape index (κ2) is 5.81. The molecule has 0 amide bonds. The molecule has 68 valence electrons. The summed E-state index contributed by atoms with van der Waals surface area (Å²) in [7, 11) is 0. The molecule has 0 heterocycles. The first kappa shape index (κ1) is 11.2. The summed E-state index contributed by atoms with van der Waals surface area (Å²) in [4.78, 5) is 0. The lowest BCUT2D eigenvalue weighted by atomic mass is 9.93. The van der Waals surface area contributed by atoms with Crippen LogP contribution in [0.1, 0.15) is 32.6 Å². The molecule has 0 aromatic rings. The van der Waals surface area contributed by atoms with Crippen molar-refractivity contribution < 1.29 is 4.74 Å². The summed E-state index contributed by atoms with van der Waals surface area (Å²) < 4.78 is 5.47. The van der Waals surface area contributed by atoms with Crippen molar-refractivity contribution in [2.24, 2.45) is 5.73 Å². The summed E-state index contributed by atoms with van der Waals surface area (Å²) in [5.74, 6) is 0. The van der Waals surface area contributed by atoms with Gasteiger partial charge in [-0.05, 0) is 19.8 Å². The zero-order chi connectivity index (χ0) is 7.40. The summed E-state index contributed by atoms with van der Waals surface area (Å²) in [6.07, 6.45) is 5.22. The molecule has 1 aliphatic rings. The minimum atomic E-state index is 0. The van der Waals surface area contributed by atoms with E-state index in [1.54, 1.807) is 0 Å². The van der Waals surface area contributed by atoms with Gasteiger partial charge in [0.2, 0.25) is 0 Å². The molecule has 2 atom stereocenters. The van der Waals surface area contributed by atoms with Crippen molar-refractivity contribution in [2.45, 2.75) is 44.8 Å². The van der Waals surface area contributed by atoms with Gasteiger partial charge in [-0.2, -0.15) is 0 Å². The topological polar surface area (TPSA) is 35.2 Å². The molecule has 0 radical (unpaired) electrons. The molecule has 0 spiro atoms. The molecule has 0 unspecified atom stereocenters. The number of nitrogens with two attached hydrogens (primary N) is 1. The van der Waals surface area contributed by atoms with Crippen LogP contribution in [-0.2, 0) is 4.74 Å². The predicted octanol–water partition coefficient (Wildman–Crippen LogP) is 1.71. The van der Waals surface area contributed by atoms with Crippen LogP contribution < -0.4 is 5.73 Å². The van der Waals surface area contributed by atoms with Gasteiger partial charge in [-0.3, -0.25) is 0 Å². The first-order valence-electron chi connectivity index (χ1n) is 4.21. The fraction of sp³-hybridized carbons (Fsp3) is 1.00. The molecular weight excluding hydrogens is 162 g/mol. The molecule has 11 heavy (non-hydrogen) atoms. The van der Waals surface area contributed by atoms with Crippen molar-refractivity contribution in [3.63, 3.8) is 0 Å². The first-order valence-corrected chi connectivity index (χ1v) is 4.21. The van der Waals surface area contributed by atoms with Crippen molar-refractivity contribution in [3.05, 3.63) is 0 Å². The van der Waals surface area contributed by atoms with Crippen LogP contribution in [0.5, 0.6) is 0 Å². The average Bonchev–Trinajstić information content (AvgIpc) is 1.94. The Morgan fingerprint density at radius 3 is 2.55 bits per heavy atom. The van der Waals surface area contributed by atoms with E-state index in [0.29, 0.717) is 12.1 Å². The monoisotopic (exact) mass is 179 g/mol. The zero-order valence-corrected chi connectivity index (χ0v) is 7.90. The van der Waals surface area contributed by atoms with Crippen molar-refractivity contribution in [2.75, 3.05) is 6.61 Å². The smallest absolute Gasteiger partial charge is 0.0725 e. The molecule has 0 aromatic heterocycles. The van der Waals surface area contributed by atoms with Gasteiger partial charge in [-0.1, -0.05) is 12.8 Å². The standard InChI is InChI=1S/C8H17NO.ClH/c1-2-10-8-6-4-3-5-7(8)9;/h7-8H,2-6,9H2,1H3;1H/t7-,8-;/m0./s1. The van der Waals surface area contributed by atoms with E-state index in [4.69, 9.17) is 10.5 Å². The number of ether oxygens (including phenoxy) is 1. The Kier molecular flexibility index (Phi) is 5.92. The van der Waals surface area contributed by atoms with Crippen LogP contribution in [0.25, 0.3) is 0 Å². The Balaban J connectivity index is 0.000001000. The van der Waals surface area contributed by atoms with Crippen LogP contribution in [0.2, 0.25) is 0 Å². The molecule has 2 N–H and O–H groups in total. The van der Waals surface area contributed by atoms with E-state index < -0.39 is 0 Å². The van der Waals surface area contributed by atoms with Crippen LogP contribution in [0.4, 0.5) is 0 Å². The Bertz CT molecular complexity index is 98.1. The van der Waals surface area contributed by atoms with Gasteiger partial charge >= 0.3 is 0 Å². The fourth-order valence-electron chi connectivity index (χ4n) is 1.55. The van der Waals surface area contributed by atoms with Gasteiger partial charge in [0.15, 0.2) is 0 Å². The first-order chi connectivity index (χ1) is 4.84. The van der Waals surface area contributed by atoms with E-state index in [1.807, 2.05) is 6.92 Å². The van der Waals surface area contributed by atoms with Crippen molar-refractivity contribution in [1.82, 2.24) is 0 Å². The van der Waals surface area contributed by atoms with Gasteiger partial charge in [0.25, 0.3) is 0 Å². The summed E-state index contributed by atoms with van der Waals surface area (Å²) in [6, 6.07) is 0.300. The highest BCUT2D eigenvalue weighted by atomic mass is 35.5. The molecule has 1 fully saturated rings. The molecule has 0 saturated heterocycles. The van der Waals surface area contributed by atoms with Crippen LogP contribution in [-0.4, -0.2) is 18.8 Å². The van der Waals surface area contributed by atoms with Gasteiger partial charge in [0.1, 0.15) is 0 Å². The van der Waals surface area contributed by atoms with Crippen molar-refractivity contribution in [3.8, 4) is 0 Å². The zero-order valence-electron chi connectivity index (χ0n) is 7.08. The van der Waals surface area contributed by atoms with E-state index in [-0.39, 0.29) is 12.4 Å². The van der Waals surface area contributed by atoms with Gasteiger partial charge < -0.3 is 10.5 Å². The Morgan fingerprint density at radius 2 is 2.00 bits per heavy atom. The highest BCUT2D eigenvalue weighted by molar-refractivity contribution is 5.85. The molecule has 0 bridgehead atoms. The summed E-state index contributed by atoms with van der Waals surface area (Å²) in [5.41, 5.74) is 5.84. The number of halogens is 1. The van der Waals surface area contributed by atoms with E-state index in [2.05, 4.69) is 0 Å². The van der Waals surface area contributed by atoms with Crippen LogP contribution >= 0.6 is 12.4 Å². The Morgan fingerprint density at radius 1 is 1.36 bits per heavy atom. The summed E-state index contributed by atoms with van der Waals surface area (Å²) >= 11 is 0. The minimum Gasteiger partial charge on any atom is -0.377 e. The van der Waals surface area contributed by atoms with Crippen LogP contribution in [0.15, 0.2) is 0 Å². The van der Waals surface area contributed by atoms with Gasteiger partial charge in [-0.25, -0.2) is 0 Å². The van der Waals surface area contributed by atoms with Crippen molar-refractivity contribution in [1.29, 1.82) is 0 Å². The molecule has 1 saturated carbocycles. The fourth-order valence-corrected chi connectivity index (χ4v) is 1.55. The van der Waals surface area contributed by atoms with E-state index in [1.165, 1.54) is 12.8 Å². The molecule has 1 aliphatic carbocycles. The predicted molar refractivity (Wildman–Crippen MR) is 49.1 cm³/mol. The van der Waals surface area contributed by atoms with E-state index >= 15 is 0 Å². The van der Waals surface area contributed by atoms with E-state index in [9.17, 15) is 0 Å². The highest BCUT2D eigenvalue weighted by Gasteiger charge is 2.21. The summed E-state index contributed by atoms with van der Waals surface area (Å²) in [5, 5.41) is 0. The molecule has 1 rings (SSSR count). The maximum atomic E-state index is 5.84.